The predicted octanol–water partition coefficient (Wildman–Crippen LogP) is -0.110. The fraction of sp³-hybridized carbons (Fsp3) is 0.389. The van der Waals surface area contributed by atoms with Crippen LogP contribution in [0.25, 0.3) is 10.8 Å². The molecule has 0 amide bonds. The van der Waals surface area contributed by atoms with E-state index in [4.69, 9.17) is 18.6 Å². The second-order valence-corrected chi connectivity index (χ2v) is 7.18. The molecular formula is C18H22ClNO4. The lowest BCUT2D eigenvalue weighted by atomic mass is 9.81. The molecule has 5 nitrogen and oxygen atoms in total. The van der Waals surface area contributed by atoms with Gasteiger partial charge in [0.25, 0.3) is 0 Å². The van der Waals surface area contributed by atoms with Crippen LogP contribution in [0, 0.1) is 10.2 Å². The maximum absolute atomic E-state index is 8.49. The van der Waals surface area contributed by atoms with Gasteiger partial charge in [-0.1, -0.05) is 37.3 Å². The first kappa shape index (κ1) is 18.8. The molecule has 3 rings (SSSR count). The minimum Gasteiger partial charge on any atom is -0.222 e. The summed E-state index contributed by atoms with van der Waals surface area (Å²) in [4.78, 5) is 0. The summed E-state index contributed by atoms with van der Waals surface area (Å²) in [5.74, 6) is 0. The number of nitrogens with zero attached hydrogens (tertiary/aromatic N) is 1. The SMILES string of the molecule is CCC[N+]1=C(C)C(C)(C)c2ccc3ccccc3c21.[O-][Cl+3]([O-])([O-])[O-]. The number of hydrogen-bond acceptors (Lipinski definition) is 4. The summed E-state index contributed by atoms with van der Waals surface area (Å²) in [5, 5.41) is 2.73. The molecule has 0 atom stereocenters. The number of halogens is 1. The van der Waals surface area contributed by atoms with Crippen molar-refractivity contribution in [2.45, 2.75) is 39.5 Å². The molecule has 1 heterocycles. The zero-order valence-electron chi connectivity index (χ0n) is 14.3. The Kier molecular flexibility index (Phi) is 5.32. The van der Waals surface area contributed by atoms with Gasteiger partial charge in [-0.15, -0.1) is 10.2 Å². The first-order valence-electron chi connectivity index (χ1n) is 7.83. The lowest BCUT2D eigenvalue weighted by Gasteiger charge is -2.17. The molecule has 0 radical (unpaired) electrons. The molecule has 0 N–H and O–H groups in total. The van der Waals surface area contributed by atoms with Crippen molar-refractivity contribution < 1.29 is 33.5 Å². The number of rotatable bonds is 2. The van der Waals surface area contributed by atoms with Crippen LogP contribution in [0.1, 0.15) is 39.7 Å². The Morgan fingerprint density at radius 1 is 1.00 bits per heavy atom. The Balaban J connectivity index is 0.000000368. The maximum atomic E-state index is 8.49. The van der Waals surface area contributed by atoms with Crippen molar-refractivity contribution in [2.24, 2.45) is 0 Å². The van der Waals surface area contributed by atoms with E-state index in [1.54, 1.807) is 0 Å². The first-order chi connectivity index (χ1) is 11.1. The summed E-state index contributed by atoms with van der Waals surface area (Å²) in [7, 11) is -4.94. The lowest BCUT2D eigenvalue weighted by molar-refractivity contribution is -2.00. The third kappa shape index (κ3) is 3.77. The van der Waals surface area contributed by atoms with E-state index in [0.29, 0.717) is 0 Å². The van der Waals surface area contributed by atoms with Crippen molar-refractivity contribution in [1.29, 1.82) is 0 Å². The fourth-order valence-electron chi connectivity index (χ4n) is 3.25. The van der Waals surface area contributed by atoms with Crippen LogP contribution in [-0.4, -0.2) is 16.8 Å². The standard InChI is InChI=1S/C18H22N.ClHO4/c1-5-12-19-13(2)18(3,4)16-11-10-14-8-6-7-9-15(14)17(16)19;2-1(3,4)5/h6-11H,5,12H2,1-4H3;(H,2,3,4,5)/q+1;/p-1. The van der Waals surface area contributed by atoms with Gasteiger partial charge < -0.3 is 0 Å². The molecule has 0 aromatic heterocycles. The fourth-order valence-corrected chi connectivity index (χ4v) is 3.25. The Morgan fingerprint density at radius 3 is 2.17 bits per heavy atom. The van der Waals surface area contributed by atoms with Gasteiger partial charge in [0.1, 0.15) is 6.54 Å². The molecule has 1 aliphatic heterocycles. The van der Waals surface area contributed by atoms with Gasteiger partial charge >= 0.3 is 0 Å². The van der Waals surface area contributed by atoms with Gasteiger partial charge in [0.05, 0.1) is 10.8 Å². The highest BCUT2D eigenvalue weighted by atomic mass is 35.7. The molecule has 0 saturated heterocycles. The van der Waals surface area contributed by atoms with Crippen LogP contribution in [0.15, 0.2) is 36.4 Å². The van der Waals surface area contributed by atoms with Crippen LogP contribution in [-0.2, 0) is 5.41 Å². The number of hydrogen-bond donors (Lipinski definition) is 0. The highest BCUT2D eigenvalue weighted by Crippen LogP contribution is 2.43. The highest BCUT2D eigenvalue weighted by molar-refractivity contribution is 6.01. The number of benzene rings is 2. The quantitative estimate of drug-likeness (QED) is 0.705. The molecule has 6 heteroatoms. The smallest absolute Gasteiger partial charge is 0.217 e. The van der Waals surface area contributed by atoms with Gasteiger partial charge in [0, 0.05) is 18.9 Å². The van der Waals surface area contributed by atoms with Gasteiger partial charge in [-0.2, -0.15) is 4.58 Å². The van der Waals surface area contributed by atoms with Crippen molar-refractivity contribution in [3.63, 3.8) is 0 Å². The summed E-state index contributed by atoms with van der Waals surface area (Å²) in [6, 6.07) is 13.3. The molecule has 1 aliphatic rings. The van der Waals surface area contributed by atoms with E-state index in [9.17, 15) is 0 Å². The van der Waals surface area contributed by atoms with Gasteiger partial charge in [0.2, 0.25) is 5.69 Å². The molecule has 24 heavy (non-hydrogen) atoms. The minimum atomic E-state index is -4.94. The molecule has 2 aromatic carbocycles. The Labute approximate surface area is 144 Å². The van der Waals surface area contributed by atoms with E-state index < -0.39 is 10.2 Å². The second-order valence-electron chi connectivity index (χ2n) is 6.42. The van der Waals surface area contributed by atoms with Gasteiger partial charge in [0.15, 0.2) is 5.71 Å². The van der Waals surface area contributed by atoms with Crippen LogP contribution < -0.4 is 18.6 Å². The molecule has 0 aliphatic carbocycles. The minimum absolute atomic E-state index is 0.147. The van der Waals surface area contributed by atoms with Crippen molar-refractivity contribution in [3.8, 4) is 0 Å². The first-order valence-corrected chi connectivity index (χ1v) is 9.06. The topological polar surface area (TPSA) is 95.2 Å². The van der Waals surface area contributed by atoms with Crippen LogP contribution >= 0.6 is 0 Å². The summed E-state index contributed by atoms with van der Waals surface area (Å²) in [6.45, 7) is 10.3. The molecular weight excluding hydrogens is 330 g/mol. The van der Waals surface area contributed by atoms with Crippen LogP contribution in [0.3, 0.4) is 0 Å². The summed E-state index contributed by atoms with van der Waals surface area (Å²) < 4.78 is 36.5. The molecule has 2 aromatic rings. The third-order valence-electron chi connectivity index (χ3n) is 4.60. The van der Waals surface area contributed by atoms with Crippen LogP contribution in [0.2, 0.25) is 0 Å². The van der Waals surface area contributed by atoms with Crippen molar-refractivity contribution >= 4 is 22.2 Å². The average molecular weight is 352 g/mol. The Hall–Kier alpha value is -1.50. The lowest BCUT2D eigenvalue weighted by Crippen LogP contribution is -2.68. The highest BCUT2D eigenvalue weighted by Gasteiger charge is 2.43. The van der Waals surface area contributed by atoms with E-state index in [2.05, 4.69) is 68.7 Å². The van der Waals surface area contributed by atoms with E-state index in [1.807, 2.05) is 0 Å². The molecule has 0 bridgehead atoms. The van der Waals surface area contributed by atoms with E-state index >= 15 is 0 Å². The summed E-state index contributed by atoms with van der Waals surface area (Å²) in [5.41, 5.74) is 4.52. The van der Waals surface area contributed by atoms with E-state index in [-0.39, 0.29) is 5.41 Å². The largest absolute Gasteiger partial charge is 0.222 e. The summed E-state index contributed by atoms with van der Waals surface area (Å²) in [6.07, 6.45) is 1.18. The van der Waals surface area contributed by atoms with Crippen LogP contribution in [0.4, 0.5) is 5.69 Å². The monoisotopic (exact) mass is 351 g/mol. The zero-order valence-corrected chi connectivity index (χ0v) is 15.1. The summed E-state index contributed by atoms with van der Waals surface area (Å²) >= 11 is 0. The van der Waals surface area contributed by atoms with Gasteiger partial charge in [-0.3, -0.25) is 0 Å². The van der Waals surface area contributed by atoms with Gasteiger partial charge in [-0.05, 0) is 25.3 Å². The van der Waals surface area contributed by atoms with E-state index in [1.165, 1.54) is 34.2 Å². The zero-order chi connectivity index (χ0) is 18.1. The molecule has 130 valence electrons. The van der Waals surface area contributed by atoms with Gasteiger partial charge in [-0.25, -0.2) is 18.6 Å². The Bertz CT molecular complexity index is 772. The van der Waals surface area contributed by atoms with Crippen molar-refractivity contribution in [3.05, 3.63) is 42.0 Å². The molecule has 0 saturated carbocycles. The molecule has 0 unspecified atom stereocenters. The third-order valence-corrected chi connectivity index (χ3v) is 4.60. The normalized spacial score (nSPS) is 16.0. The average Bonchev–Trinajstić information content (AvgIpc) is 2.67. The van der Waals surface area contributed by atoms with Crippen LogP contribution in [0.5, 0.6) is 0 Å². The number of fused-ring (bicyclic) bond motifs is 3. The molecule has 0 fully saturated rings. The maximum Gasteiger partial charge on any atom is 0.217 e. The molecule has 0 spiro atoms. The second kappa shape index (κ2) is 6.78. The van der Waals surface area contributed by atoms with E-state index in [0.717, 1.165) is 6.54 Å². The van der Waals surface area contributed by atoms with Crippen molar-refractivity contribution in [1.82, 2.24) is 0 Å². The predicted molar refractivity (Wildman–Crippen MR) is 82.7 cm³/mol. The Morgan fingerprint density at radius 2 is 1.58 bits per heavy atom. The van der Waals surface area contributed by atoms with Crippen molar-refractivity contribution in [2.75, 3.05) is 6.54 Å².